The highest BCUT2D eigenvalue weighted by Gasteiger charge is 2.34. The Hall–Kier alpha value is -1.41. The number of hydrogen-bond donors (Lipinski definition) is 0. The van der Waals surface area contributed by atoms with Gasteiger partial charge in [-0.2, -0.15) is 5.10 Å². The molecule has 0 unspecified atom stereocenters. The molecule has 128 valence electrons. The molecule has 8 heteroatoms. The lowest BCUT2D eigenvalue weighted by atomic mass is 10.2. The lowest BCUT2D eigenvalue weighted by Gasteiger charge is -2.29. The quantitative estimate of drug-likeness (QED) is 0.754. The van der Waals surface area contributed by atoms with Crippen molar-refractivity contribution in [3.05, 3.63) is 18.5 Å². The van der Waals surface area contributed by atoms with Crippen molar-refractivity contribution in [2.45, 2.75) is 37.9 Å². The molecule has 2 aliphatic rings. The second kappa shape index (κ2) is 6.60. The SMILES string of the molecule is CN(C(=O)CN1CCC[C@H]1Cn1cccn1)[C@@H]1CCS(=O)(=O)C1. The van der Waals surface area contributed by atoms with Crippen molar-refractivity contribution in [2.24, 2.45) is 0 Å². The predicted molar refractivity (Wildman–Crippen MR) is 86.7 cm³/mol. The number of rotatable bonds is 5. The Morgan fingerprint density at radius 1 is 1.39 bits per heavy atom. The van der Waals surface area contributed by atoms with Gasteiger partial charge in [0, 0.05) is 31.5 Å². The molecule has 1 aromatic rings. The third-order valence-corrected chi connectivity index (χ3v) is 6.69. The van der Waals surface area contributed by atoms with E-state index in [0.29, 0.717) is 19.0 Å². The van der Waals surface area contributed by atoms with Crippen LogP contribution in [0.1, 0.15) is 19.3 Å². The van der Waals surface area contributed by atoms with E-state index in [1.54, 1.807) is 18.1 Å². The lowest BCUT2D eigenvalue weighted by Crippen LogP contribution is -2.45. The summed E-state index contributed by atoms with van der Waals surface area (Å²) in [5.41, 5.74) is 0. The maximum atomic E-state index is 12.5. The van der Waals surface area contributed by atoms with E-state index in [0.717, 1.165) is 25.9 Å². The van der Waals surface area contributed by atoms with E-state index in [9.17, 15) is 13.2 Å². The Kier molecular flexibility index (Phi) is 4.72. The van der Waals surface area contributed by atoms with Gasteiger partial charge in [-0.3, -0.25) is 14.4 Å². The second-order valence-corrected chi connectivity index (χ2v) is 8.78. The highest BCUT2D eigenvalue weighted by molar-refractivity contribution is 7.91. The van der Waals surface area contributed by atoms with Gasteiger partial charge in [-0.1, -0.05) is 0 Å². The van der Waals surface area contributed by atoms with E-state index in [4.69, 9.17) is 0 Å². The van der Waals surface area contributed by atoms with Crippen LogP contribution in [0, 0.1) is 0 Å². The zero-order valence-electron chi connectivity index (χ0n) is 13.5. The van der Waals surface area contributed by atoms with Gasteiger partial charge in [0.05, 0.1) is 24.6 Å². The summed E-state index contributed by atoms with van der Waals surface area (Å²) in [5, 5.41) is 4.24. The molecular formula is C15H24N4O3S. The van der Waals surface area contributed by atoms with Gasteiger partial charge < -0.3 is 4.90 Å². The first-order valence-corrected chi connectivity index (χ1v) is 9.94. The van der Waals surface area contributed by atoms with Crippen molar-refractivity contribution >= 4 is 15.7 Å². The number of likely N-dealkylation sites (N-methyl/N-ethyl adjacent to an activating group) is 1. The van der Waals surface area contributed by atoms with Gasteiger partial charge >= 0.3 is 0 Å². The van der Waals surface area contributed by atoms with Crippen LogP contribution in [0.3, 0.4) is 0 Å². The molecule has 2 aliphatic heterocycles. The maximum absolute atomic E-state index is 12.5. The molecule has 0 N–H and O–H groups in total. The number of carbonyl (C=O) groups is 1. The molecule has 2 atom stereocenters. The molecule has 7 nitrogen and oxygen atoms in total. The second-order valence-electron chi connectivity index (χ2n) is 6.56. The molecule has 0 saturated carbocycles. The van der Waals surface area contributed by atoms with Gasteiger partial charge in [0.25, 0.3) is 0 Å². The van der Waals surface area contributed by atoms with Gasteiger partial charge in [-0.05, 0) is 31.9 Å². The number of sulfone groups is 1. The Bertz CT molecular complexity index is 644. The van der Waals surface area contributed by atoms with E-state index in [1.807, 2.05) is 16.9 Å². The van der Waals surface area contributed by atoms with Gasteiger partial charge in [0.1, 0.15) is 0 Å². The number of aromatic nitrogens is 2. The highest BCUT2D eigenvalue weighted by Crippen LogP contribution is 2.20. The monoisotopic (exact) mass is 340 g/mol. The minimum atomic E-state index is -2.97. The molecule has 23 heavy (non-hydrogen) atoms. The van der Waals surface area contributed by atoms with Crippen LogP contribution < -0.4 is 0 Å². The van der Waals surface area contributed by atoms with Crippen LogP contribution in [0.15, 0.2) is 18.5 Å². The van der Waals surface area contributed by atoms with E-state index in [-0.39, 0.29) is 23.5 Å². The molecular weight excluding hydrogens is 316 g/mol. The molecule has 0 aliphatic carbocycles. The van der Waals surface area contributed by atoms with Crippen LogP contribution in [-0.4, -0.2) is 77.6 Å². The van der Waals surface area contributed by atoms with Crippen LogP contribution in [0.4, 0.5) is 0 Å². The summed E-state index contributed by atoms with van der Waals surface area (Å²) in [4.78, 5) is 16.3. The average molecular weight is 340 g/mol. The number of amides is 1. The van der Waals surface area contributed by atoms with E-state index < -0.39 is 9.84 Å². The van der Waals surface area contributed by atoms with Crippen molar-refractivity contribution in [3.63, 3.8) is 0 Å². The standard InChI is InChI=1S/C15H24N4O3S/c1-17(14-5-9-23(21,22)12-14)15(20)11-18-7-2-4-13(18)10-19-8-3-6-16-19/h3,6,8,13-14H,2,4-5,7,9-12H2,1H3/t13-,14+/m0/s1. The summed E-state index contributed by atoms with van der Waals surface area (Å²) < 4.78 is 25.1. The van der Waals surface area contributed by atoms with E-state index >= 15 is 0 Å². The fourth-order valence-corrected chi connectivity index (χ4v) is 5.28. The van der Waals surface area contributed by atoms with Crippen molar-refractivity contribution < 1.29 is 13.2 Å². The zero-order chi connectivity index (χ0) is 16.4. The molecule has 0 radical (unpaired) electrons. The molecule has 1 amide bonds. The first-order chi connectivity index (χ1) is 10.9. The molecule has 0 spiro atoms. The molecule has 0 bridgehead atoms. The van der Waals surface area contributed by atoms with Crippen molar-refractivity contribution in [3.8, 4) is 0 Å². The molecule has 3 heterocycles. The van der Waals surface area contributed by atoms with Crippen LogP contribution in [-0.2, 0) is 21.2 Å². The molecule has 3 rings (SSSR count). The summed E-state index contributed by atoms with van der Waals surface area (Å²) in [6, 6.07) is 2.05. The molecule has 1 aromatic heterocycles. The first-order valence-electron chi connectivity index (χ1n) is 8.12. The van der Waals surface area contributed by atoms with Crippen LogP contribution in [0.25, 0.3) is 0 Å². The third-order valence-electron chi connectivity index (χ3n) is 4.94. The molecule has 2 saturated heterocycles. The minimum absolute atomic E-state index is 0.0134. The zero-order valence-corrected chi connectivity index (χ0v) is 14.3. The normalized spacial score (nSPS) is 27.3. The van der Waals surface area contributed by atoms with Crippen molar-refractivity contribution in [1.29, 1.82) is 0 Å². The average Bonchev–Trinajstić information content (AvgIpc) is 3.21. The number of nitrogens with zero attached hydrogens (tertiary/aromatic N) is 4. The fourth-order valence-electron chi connectivity index (χ4n) is 3.50. The van der Waals surface area contributed by atoms with Gasteiger partial charge in [-0.15, -0.1) is 0 Å². The fraction of sp³-hybridized carbons (Fsp3) is 0.733. The summed E-state index contributed by atoms with van der Waals surface area (Å²) in [6.45, 7) is 2.06. The molecule has 0 aromatic carbocycles. The van der Waals surface area contributed by atoms with Gasteiger partial charge in [-0.25, -0.2) is 8.42 Å². The summed E-state index contributed by atoms with van der Waals surface area (Å²) in [5.74, 6) is 0.312. The minimum Gasteiger partial charge on any atom is -0.341 e. The smallest absolute Gasteiger partial charge is 0.236 e. The number of likely N-dealkylation sites (tertiary alicyclic amines) is 1. The largest absolute Gasteiger partial charge is 0.341 e. The van der Waals surface area contributed by atoms with Crippen LogP contribution >= 0.6 is 0 Å². The van der Waals surface area contributed by atoms with Gasteiger partial charge in [0.2, 0.25) is 5.91 Å². The van der Waals surface area contributed by atoms with Crippen LogP contribution in [0.2, 0.25) is 0 Å². The predicted octanol–water partition coefficient (Wildman–Crippen LogP) is -0.00700. The summed E-state index contributed by atoms with van der Waals surface area (Å²) in [6.07, 6.45) is 6.41. The Morgan fingerprint density at radius 3 is 2.87 bits per heavy atom. The topological polar surface area (TPSA) is 75.5 Å². The Morgan fingerprint density at radius 2 is 2.22 bits per heavy atom. The number of carbonyl (C=O) groups excluding carboxylic acids is 1. The van der Waals surface area contributed by atoms with E-state index in [1.165, 1.54) is 0 Å². The van der Waals surface area contributed by atoms with Gasteiger partial charge in [0.15, 0.2) is 9.84 Å². The highest BCUT2D eigenvalue weighted by atomic mass is 32.2. The Balaban J connectivity index is 1.56. The third kappa shape index (κ3) is 3.92. The summed E-state index contributed by atoms with van der Waals surface area (Å²) >= 11 is 0. The van der Waals surface area contributed by atoms with Crippen molar-refractivity contribution in [2.75, 3.05) is 31.6 Å². The van der Waals surface area contributed by atoms with Crippen molar-refractivity contribution in [1.82, 2.24) is 19.6 Å². The first kappa shape index (κ1) is 16.4. The molecule has 2 fully saturated rings. The van der Waals surface area contributed by atoms with E-state index in [2.05, 4.69) is 10.00 Å². The number of hydrogen-bond acceptors (Lipinski definition) is 5. The lowest BCUT2D eigenvalue weighted by molar-refractivity contribution is -0.133. The maximum Gasteiger partial charge on any atom is 0.236 e. The van der Waals surface area contributed by atoms with Crippen LogP contribution in [0.5, 0.6) is 0 Å². The summed E-state index contributed by atoms with van der Waals surface area (Å²) in [7, 11) is -1.24. The Labute approximate surface area is 137 Å².